The van der Waals surface area contributed by atoms with Crippen LogP contribution < -0.4 is 10.2 Å². The molecule has 0 bridgehead atoms. The van der Waals surface area contributed by atoms with E-state index in [1.807, 2.05) is 20.2 Å². The number of benzene rings is 1. The smallest absolute Gasteiger partial charge is 0.255 e. The number of nitriles is 1. The van der Waals surface area contributed by atoms with E-state index in [1.165, 1.54) is 0 Å². The van der Waals surface area contributed by atoms with E-state index in [4.69, 9.17) is 5.26 Å². The number of carbonyl (C=O) groups is 1. The van der Waals surface area contributed by atoms with E-state index in [1.54, 1.807) is 41.6 Å². The van der Waals surface area contributed by atoms with E-state index in [0.717, 1.165) is 0 Å². The Balaban J connectivity index is 2.09. The highest BCUT2D eigenvalue weighted by Gasteiger charge is 2.07. The molecule has 20 heavy (non-hydrogen) atoms. The second-order valence-corrected chi connectivity index (χ2v) is 4.31. The van der Waals surface area contributed by atoms with Crippen LogP contribution in [0.5, 0.6) is 0 Å². The highest BCUT2D eigenvalue weighted by Crippen LogP contribution is 2.10. The van der Waals surface area contributed by atoms with Gasteiger partial charge in [-0.15, -0.1) is 0 Å². The van der Waals surface area contributed by atoms with Gasteiger partial charge in [-0.05, 0) is 24.3 Å². The number of anilines is 2. The van der Waals surface area contributed by atoms with Crippen molar-refractivity contribution in [3.05, 3.63) is 47.8 Å². The zero-order valence-electron chi connectivity index (χ0n) is 11.2. The van der Waals surface area contributed by atoms with Crippen molar-refractivity contribution in [2.45, 2.75) is 0 Å². The molecule has 0 unspecified atom stereocenters. The van der Waals surface area contributed by atoms with E-state index in [-0.39, 0.29) is 5.91 Å². The summed E-state index contributed by atoms with van der Waals surface area (Å²) in [4.78, 5) is 22.0. The first kappa shape index (κ1) is 13.5. The molecule has 1 heterocycles. The molecule has 6 nitrogen and oxygen atoms in total. The third-order valence-corrected chi connectivity index (χ3v) is 2.57. The number of rotatable bonds is 3. The molecule has 1 aromatic heterocycles. The van der Waals surface area contributed by atoms with Gasteiger partial charge in [-0.25, -0.2) is 9.97 Å². The molecule has 0 fully saturated rings. The zero-order chi connectivity index (χ0) is 14.5. The topological polar surface area (TPSA) is 81.9 Å². The average Bonchev–Trinajstić information content (AvgIpc) is 2.48. The van der Waals surface area contributed by atoms with Crippen molar-refractivity contribution >= 4 is 17.5 Å². The molecule has 0 saturated carbocycles. The Labute approximate surface area is 116 Å². The molecule has 2 aromatic rings. The Bertz CT molecular complexity index is 641. The maximum Gasteiger partial charge on any atom is 0.255 e. The van der Waals surface area contributed by atoms with Gasteiger partial charge in [0.05, 0.1) is 29.7 Å². The molecule has 1 amide bonds. The fraction of sp³-hybridized carbons (Fsp3) is 0.143. The number of nitrogens with zero attached hydrogens (tertiary/aromatic N) is 4. The van der Waals surface area contributed by atoms with Gasteiger partial charge in [-0.2, -0.15) is 5.26 Å². The van der Waals surface area contributed by atoms with Gasteiger partial charge in [0.2, 0.25) is 5.95 Å². The fourth-order valence-electron chi connectivity index (χ4n) is 1.52. The SMILES string of the molecule is CN(C)c1ncc(NC(=O)c2ccc(C#N)cc2)cn1. The molecule has 0 atom stereocenters. The van der Waals surface area contributed by atoms with Crippen LogP contribution in [0.1, 0.15) is 15.9 Å². The van der Waals surface area contributed by atoms with E-state index in [9.17, 15) is 4.79 Å². The Morgan fingerprint density at radius 1 is 1.20 bits per heavy atom. The molecule has 0 radical (unpaired) electrons. The van der Waals surface area contributed by atoms with Gasteiger partial charge >= 0.3 is 0 Å². The first-order chi connectivity index (χ1) is 9.60. The van der Waals surface area contributed by atoms with Crippen LogP contribution in [0.15, 0.2) is 36.7 Å². The Hall–Kier alpha value is -2.94. The summed E-state index contributed by atoms with van der Waals surface area (Å²) in [6.45, 7) is 0. The largest absolute Gasteiger partial charge is 0.347 e. The molecule has 2 rings (SSSR count). The van der Waals surface area contributed by atoms with Crippen molar-refractivity contribution in [3.63, 3.8) is 0 Å². The molecular formula is C14H13N5O. The van der Waals surface area contributed by atoms with Gasteiger partial charge in [0, 0.05) is 19.7 Å². The van der Waals surface area contributed by atoms with Crippen LogP contribution in [0.4, 0.5) is 11.6 Å². The average molecular weight is 267 g/mol. The Morgan fingerprint density at radius 3 is 2.30 bits per heavy atom. The lowest BCUT2D eigenvalue weighted by Crippen LogP contribution is -2.15. The lowest BCUT2D eigenvalue weighted by Gasteiger charge is -2.10. The van der Waals surface area contributed by atoms with Gasteiger partial charge < -0.3 is 10.2 Å². The number of carbonyl (C=O) groups excluding carboxylic acids is 1. The summed E-state index contributed by atoms with van der Waals surface area (Å²) in [7, 11) is 3.68. The minimum Gasteiger partial charge on any atom is -0.347 e. The second-order valence-electron chi connectivity index (χ2n) is 4.31. The number of hydrogen-bond donors (Lipinski definition) is 1. The maximum absolute atomic E-state index is 12.0. The molecule has 0 saturated heterocycles. The molecule has 6 heteroatoms. The third-order valence-electron chi connectivity index (χ3n) is 2.57. The summed E-state index contributed by atoms with van der Waals surface area (Å²) in [5.74, 6) is 0.303. The lowest BCUT2D eigenvalue weighted by atomic mass is 10.1. The summed E-state index contributed by atoms with van der Waals surface area (Å²) < 4.78 is 0. The predicted octanol–water partition coefficient (Wildman–Crippen LogP) is 1.67. The second kappa shape index (κ2) is 5.80. The summed E-state index contributed by atoms with van der Waals surface area (Å²) in [6, 6.07) is 8.40. The van der Waals surface area contributed by atoms with Crippen LogP contribution in [0.3, 0.4) is 0 Å². The van der Waals surface area contributed by atoms with Crippen molar-refractivity contribution < 1.29 is 4.79 Å². The number of hydrogen-bond acceptors (Lipinski definition) is 5. The summed E-state index contributed by atoms with van der Waals surface area (Å²) in [6.07, 6.45) is 3.09. The van der Waals surface area contributed by atoms with Crippen LogP contribution in [0.2, 0.25) is 0 Å². The highest BCUT2D eigenvalue weighted by molar-refractivity contribution is 6.04. The van der Waals surface area contributed by atoms with Crippen LogP contribution in [0, 0.1) is 11.3 Å². The minimum atomic E-state index is -0.268. The fourth-order valence-corrected chi connectivity index (χ4v) is 1.52. The van der Waals surface area contributed by atoms with Crippen molar-refractivity contribution in [2.75, 3.05) is 24.3 Å². The van der Waals surface area contributed by atoms with Crippen molar-refractivity contribution in [1.29, 1.82) is 5.26 Å². The third kappa shape index (κ3) is 3.09. The number of aromatic nitrogens is 2. The first-order valence-corrected chi connectivity index (χ1v) is 5.91. The van der Waals surface area contributed by atoms with Gasteiger partial charge in [-0.3, -0.25) is 4.79 Å². The van der Waals surface area contributed by atoms with E-state index >= 15 is 0 Å². The summed E-state index contributed by atoms with van der Waals surface area (Å²) >= 11 is 0. The van der Waals surface area contributed by atoms with Crippen molar-refractivity contribution in [2.24, 2.45) is 0 Å². The molecule has 100 valence electrons. The van der Waals surface area contributed by atoms with Crippen molar-refractivity contribution in [1.82, 2.24) is 9.97 Å². The molecule has 0 aliphatic rings. The molecule has 1 aromatic carbocycles. The maximum atomic E-state index is 12.0. The Kier molecular flexibility index (Phi) is 3.91. The summed E-state index contributed by atoms with van der Waals surface area (Å²) in [5.41, 5.74) is 1.51. The van der Waals surface area contributed by atoms with Gasteiger partial charge in [-0.1, -0.05) is 0 Å². The zero-order valence-corrected chi connectivity index (χ0v) is 11.2. The monoisotopic (exact) mass is 267 g/mol. The Morgan fingerprint density at radius 2 is 1.80 bits per heavy atom. The predicted molar refractivity (Wildman–Crippen MR) is 75.5 cm³/mol. The molecular weight excluding hydrogens is 254 g/mol. The van der Waals surface area contributed by atoms with Crippen LogP contribution in [-0.2, 0) is 0 Å². The van der Waals surface area contributed by atoms with Crippen LogP contribution in [-0.4, -0.2) is 30.0 Å². The summed E-state index contributed by atoms with van der Waals surface area (Å²) in [5, 5.41) is 11.4. The van der Waals surface area contributed by atoms with Crippen LogP contribution >= 0.6 is 0 Å². The quantitative estimate of drug-likeness (QED) is 0.914. The van der Waals surface area contributed by atoms with Gasteiger partial charge in [0.15, 0.2) is 0 Å². The van der Waals surface area contributed by atoms with Crippen molar-refractivity contribution in [3.8, 4) is 6.07 Å². The lowest BCUT2D eigenvalue weighted by molar-refractivity contribution is 0.102. The van der Waals surface area contributed by atoms with E-state index < -0.39 is 0 Å². The minimum absolute atomic E-state index is 0.268. The molecule has 1 N–H and O–H groups in total. The van der Waals surface area contributed by atoms with Gasteiger partial charge in [0.25, 0.3) is 5.91 Å². The van der Waals surface area contributed by atoms with Gasteiger partial charge in [0.1, 0.15) is 0 Å². The number of nitrogens with one attached hydrogen (secondary N) is 1. The molecule has 0 aliphatic heterocycles. The van der Waals surface area contributed by atoms with Crippen LogP contribution in [0.25, 0.3) is 0 Å². The van der Waals surface area contributed by atoms with E-state index in [2.05, 4.69) is 15.3 Å². The normalized spacial score (nSPS) is 9.65. The van der Waals surface area contributed by atoms with E-state index in [0.29, 0.717) is 22.8 Å². The number of amides is 1. The first-order valence-electron chi connectivity index (χ1n) is 5.91. The molecule has 0 spiro atoms. The highest BCUT2D eigenvalue weighted by atomic mass is 16.1. The molecule has 0 aliphatic carbocycles. The standard InChI is InChI=1S/C14H13N5O/c1-19(2)14-16-8-12(9-17-14)18-13(20)11-5-3-10(7-15)4-6-11/h3-6,8-9H,1-2H3,(H,18,20).